The minimum Gasteiger partial charge on any atom is -0.303 e. The van der Waals surface area contributed by atoms with Crippen molar-refractivity contribution in [1.82, 2.24) is 4.90 Å². The summed E-state index contributed by atoms with van der Waals surface area (Å²) < 4.78 is 0. The summed E-state index contributed by atoms with van der Waals surface area (Å²) in [6, 6.07) is 3.00. The molecule has 0 N–H and O–H groups in total. The lowest BCUT2D eigenvalue weighted by Crippen LogP contribution is -2.37. The van der Waals surface area contributed by atoms with Crippen LogP contribution in [0.15, 0.2) is 0 Å². The van der Waals surface area contributed by atoms with Gasteiger partial charge in [0.1, 0.15) is 0 Å². The Balaban J connectivity index is 2.18. The molecule has 0 saturated heterocycles. The third-order valence-corrected chi connectivity index (χ3v) is 3.98. The Morgan fingerprint density at radius 2 is 1.88 bits per heavy atom. The van der Waals surface area contributed by atoms with Crippen molar-refractivity contribution < 1.29 is 0 Å². The fourth-order valence-electron chi connectivity index (χ4n) is 2.57. The number of nitrogens with zero attached hydrogens (tertiary/aromatic N) is 2. The number of nitriles is 1. The molecule has 0 spiro atoms. The van der Waals surface area contributed by atoms with Crippen molar-refractivity contribution in [3.05, 3.63) is 0 Å². The van der Waals surface area contributed by atoms with Gasteiger partial charge in [0.15, 0.2) is 0 Å². The molecular formula is C14H26N2. The number of rotatable bonds is 5. The Morgan fingerprint density at radius 1 is 1.25 bits per heavy atom. The van der Waals surface area contributed by atoms with E-state index in [0.29, 0.717) is 11.8 Å². The smallest absolute Gasteiger partial charge is 0.0621 e. The molecular weight excluding hydrogens is 196 g/mol. The predicted octanol–water partition coefficient (Wildman–Crippen LogP) is 3.58. The van der Waals surface area contributed by atoms with Gasteiger partial charge >= 0.3 is 0 Å². The van der Waals surface area contributed by atoms with E-state index in [1.807, 2.05) is 0 Å². The maximum absolute atomic E-state index is 8.47. The molecule has 0 atom stereocenters. The lowest BCUT2D eigenvalue weighted by Gasteiger charge is -2.38. The quantitative estimate of drug-likeness (QED) is 0.665. The zero-order valence-corrected chi connectivity index (χ0v) is 11.1. The van der Waals surface area contributed by atoms with Gasteiger partial charge in [-0.1, -0.05) is 13.8 Å². The van der Waals surface area contributed by atoms with Crippen LogP contribution in [0.1, 0.15) is 58.8 Å². The van der Waals surface area contributed by atoms with E-state index in [1.165, 1.54) is 32.1 Å². The summed E-state index contributed by atoms with van der Waals surface area (Å²) in [7, 11) is 2.25. The number of hydrogen-bond donors (Lipinski definition) is 0. The highest BCUT2D eigenvalue weighted by molar-refractivity contribution is 4.82. The van der Waals surface area contributed by atoms with Gasteiger partial charge in [0.25, 0.3) is 0 Å². The molecule has 1 aliphatic carbocycles. The van der Waals surface area contributed by atoms with Crippen LogP contribution >= 0.6 is 0 Å². The van der Waals surface area contributed by atoms with Crippen molar-refractivity contribution in [3.8, 4) is 6.07 Å². The topological polar surface area (TPSA) is 27.0 Å². The molecule has 16 heavy (non-hydrogen) atoms. The van der Waals surface area contributed by atoms with E-state index >= 15 is 0 Å². The van der Waals surface area contributed by atoms with Crippen LogP contribution in [0, 0.1) is 16.7 Å². The lowest BCUT2D eigenvalue weighted by atomic mass is 9.75. The maximum Gasteiger partial charge on any atom is 0.0621 e. The van der Waals surface area contributed by atoms with Gasteiger partial charge in [-0.25, -0.2) is 0 Å². The normalized spacial score (nSPS) is 20.9. The first-order valence-corrected chi connectivity index (χ1v) is 6.62. The van der Waals surface area contributed by atoms with Crippen molar-refractivity contribution in [2.24, 2.45) is 5.41 Å². The molecule has 0 radical (unpaired) electrons. The van der Waals surface area contributed by atoms with Crippen molar-refractivity contribution in [2.45, 2.75) is 64.8 Å². The number of hydrogen-bond acceptors (Lipinski definition) is 2. The van der Waals surface area contributed by atoms with Gasteiger partial charge in [-0.2, -0.15) is 5.26 Å². The molecule has 0 bridgehead atoms. The summed E-state index contributed by atoms with van der Waals surface area (Å²) in [4.78, 5) is 2.51. The summed E-state index contributed by atoms with van der Waals surface area (Å²) >= 11 is 0. The third kappa shape index (κ3) is 4.53. The van der Waals surface area contributed by atoms with Gasteiger partial charge in [0.05, 0.1) is 6.07 Å². The van der Waals surface area contributed by atoms with Crippen molar-refractivity contribution in [2.75, 3.05) is 13.6 Å². The molecule has 0 unspecified atom stereocenters. The SMILES string of the molecule is CN(CCCCC#N)C1CCC(C)(C)CC1. The zero-order valence-electron chi connectivity index (χ0n) is 11.1. The van der Waals surface area contributed by atoms with Crippen molar-refractivity contribution in [1.29, 1.82) is 5.26 Å². The van der Waals surface area contributed by atoms with E-state index in [9.17, 15) is 0 Å². The van der Waals surface area contributed by atoms with Gasteiger partial charge < -0.3 is 4.90 Å². The van der Waals surface area contributed by atoms with Gasteiger partial charge in [-0.3, -0.25) is 0 Å². The maximum atomic E-state index is 8.47. The summed E-state index contributed by atoms with van der Waals surface area (Å²) in [6.07, 6.45) is 8.36. The van der Waals surface area contributed by atoms with Crippen LogP contribution in [-0.4, -0.2) is 24.5 Å². The molecule has 0 aliphatic heterocycles. The van der Waals surface area contributed by atoms with E-state index in [2.05, 4.69) is 31.9 Å². The predicted molar refractivity (Wildman–Crippen MR) is 68.1 cm³/mol. The second-order valence-electron chi connectivity index (χ2n) is 5.99. The molecule has 1 fully saturated rings. The summed E-state index contributed by atoms with van der Waals surface area (Å²) in [5, 5.41) is 8.47. The first-order chi connectivity index (χ1) is 7.55. The molecule has 1 saturated carbocycles. The zero-order chi connectivity index (χ0) is 12.0. The summed E-state index contributed by atoms with van der Waals surface area (Å²) in [6.45, 7) is 5.93. The minimum absolute atomic E-state index is 0.568. The Kier molecular flexibility index (Phi) is 5.28. The molecule has 2 heteroatoms. The fraction of sp³-hybridized carbons (Fsp3) is 0.929. The van der Waals surface area contributed by atoms with Crippen LogP contribution in [0.4, 0.5) is 0 Å². The molecule has 0 aromatic rings. The van der Waals surface area contributed by atoms with Gasteiger partial charge in [-0.05, 0) is 57.5 Å². The molecule has 2 nitrogen and oxygen atoms in total. The van der Waals surface area contributed by atoms with E-state index < -0.39 is 0 Å². The summed E-state index contributed by atoms with van der Waals surface area (Å²) in [5.41, 5.74) is 0.568. The first kappa shape index (κ1) is 13.5. The molecule has 1 rings (SSSR count). The van der Waals surface area contributed by atoms with Crippen LogP contribution < -0.4 is 0 Å². The van der Waals surface area contributed by atoms with E-state index in [-0.39, 0.29) is 0 Å². The highest BCUT2D eigenvalue weighted by atomic mass is 15.1. The lowest BCUT2D eigenvalue weighted by molar-refractivity contribution is 0.126. The average Bonchev–Trinajstić information content (AvgIpc) is 2.24. The van der Waals surface area contributed by atoms with Crippen molar-refractivity contribution >= 4 is 0 Å². The summed E-state index contributed by atoms with van der Waals surface area (Å²) in [5.74, 6) is 0. The Labute approximate surface area is 101 Å². The largest absolute Gasteiger partial charge is 0.303 e. The second-order valence-corrected chi connectivity index (χ2v) is 5.99. The van der Waals surface area contributed by atoms with Gasteiger partial charge in [-0.15, -0.1) is 0 Å². The Bertz CT molecular complexity index is 230. The highest BCUT2D eigenvalue weighted by Crippen LogP contribution is 2.36. The van der Waals surface area contributed by atoms with E-state index in [1.54, 1.807) is 0 Å². The van der Waals surface area contributed by atoms with Crippen molar-refractivity contribution in [3.63, 3.8) is 0 Å². The minimum atomic E-state index is 0.568. The van der Waals surface area contributed by atoms with E-state index in [0.717, 1.165) is 19.0 Å². The van der Waals surface area contributed by atoms with Crippen LogP contribution in [-0.2, 0) is 0 Å². The van der Waals surface area contributed by atoms with Crippen LogP contribution in [0.5, 0.6) is 0 Å². The molecule has 1 aliphatic rings. The molecule has 0 aromatic carbocycles. The molecule has 92 valence electrons. The third-order valence-electron chi connectivity index (χ3n) is 3.98. The van der Waals surface area contributed by atoms with Crippen LogP contribution in [0.25, 0.3) is 0 Å². The molecule has 0 heterocycles. The highest BCUT2D eigenvalue weighted by Gasteiger charge is 2.28. The standard InChI is InChI=1S/C14H26N2/c1-14(2)9-7-13(8-10-14)16(3)12-6-4-5-11-15/h13H,4-10,12H2,1-3H3. The second kappa shape index (κ2) is 6.25. The fourth-order valence-corrected chi connectivity index (χ4v) is 2.57. The Morgan fingerprint density at radius 3 is 2.44 bits per heavy atom. The first-order valence-electron chi connectivity index (χ1n) is 6.62. The van der Waals surface area contributed by atoms with E-state index in [4.69, 9.17) is 5.26 Å². The number of unbranched alkanes of at least 4 members (excludes halogenated alkanes) is 2. The Hall–Kier alpha value is -0.550. The van der Waals surface area contributed by atoms with Crippen LogP contribution in [0.3, 0.4) is 0 Å². The van der Waals surface area contributed by atoms with Gasteiger partial charge in [0.2, 0.25) is 0 Å². The molecule has 0 aromatic heterocycles. The van der Waals surface area contributed by atoms with Crippen LogP contribution in [0.2, 0.25) is 0 Å². The molecule has 0 amide bonds. The monoisotopic (exact) mass is 222 g/mol. The van der Waals surface area contributed by atoms with Gasteiger partial charge in [0, 0.05) is 12.5 Å². The average molecular weight is 222 g/mol.